The fourth-order valence-corrected chi connectivity index (χ4v) is 3.69. The number of hydrogen-bond donors (Lipinski definition) is 0. The Balaban J connectivity index is 1.64. The predicted octanol–water partition coefficient (Wildman–Crippen LogP) is 2.22. The number of amides is 1. The first-order valence-electron chi connectivity index (χ1n) is 8.62. The van der Waals surface area contributed by atoms with Crippen LogP contribution < -0.4 is 0 Å². The Morgan fingerprint density at radius 3 is 2.30 bits per heavy atom. The maximum absolute atomic E-state index is 12.6. The topological polar surface area (TPSA) is 80.8 Å². The molecule has 2 aromatic carbocycles. The quantitative estimate of drug-likeness (QED) is 0.752. The molecule has 0 aliphatic carbocycles. The van der Waals surface area contributed by atoms with Gasteiger partial charge in [0.25, 0.3) is 5.91 Å². The molecular formula is C20H21NO5S. The molecule has 3 rings (SSSR count). The van der Waals surface area contributed by atoms with Crippen LogP contribution >= 0.6 is 0 Å². The van der Waals surface area contributed by atoms with Gasteiger partial charge in [-0.15, -0.1) is 0 Å². The second-order valence-corrected chi connectivity index (χ2v) is 8.64. The van der Waals surface area contributed by atoms with Gasteiger partial charge < -0.3 is 9.64 Å². The summed E-state index contributed by atoms with van der Waals surface area (Å²) in [7, 11) is -3.33. The summed E-state index contributed by atoms with van der Waals surface area (Å²) in [5.74, 6) is -0.904. The Hall–Kier alpha value is -2.67. The molecule has 0 N–H and O–H groups in total. The van der Waals surface area contributed by atoms with E-state index < -0.39 is 21.9 Å². The number of ether oxygens (including phenoxy) is 1. The summed E-state index contributed by atoms with van der Waals surface area (Å²) >= 11 is 0. The van der Waals surface area contributed by atoms with Gasteiger partial charge in [0.2, 0.25) is 0 Å². The number of benzene rings is 2. The van der Waals surface area contributed by atoms with E-state index in [0.29, 0.717) is 13.1 Å². The van der Waals surface area contributed by atoms with Gasteiger partial charge in [-0.3, -0.25) is 4.79 Å². The van der Waals surface area contributed by atoms with Gasteiger partial charge in [-0.25, -0.2) is 13.2 Å². The van der Waals surface area contributed by atoms with Crippen molar-refractivity contribution in [1.29, 1.82) is 0 Å². The van der Waals surface area contributed by atoms with Crippen LogP contribution in [0.5, 0.6) is 0 Å². The SMILES string of the molecule is C[C@@H](OC(=O)c1ccc(S(C)(=O)=O)cc1)C(=O)N1CCc2ccccc2C1. The molecule has 1 aliphatic heterocycles. The highest BCUT2D eigenvalue weighted by Crippen LogP contribution is 2.20. The number of sulfone groups is 1. The molecule has 1 heterocycles. The van der Waals surface area contributed by atoms with E-state index in [1.165, 1.54) is 29.8 Å². The van der Waals surface area contributed by atoms with Crippen LogP contribution in [0.1, 0.15) is 28.4 Å². The van der Waals surface area contributed by atoms with E-state index in [-0.39, 0.29) is 16.4 Å². The number of carbonyl (C=O) groups is 2. The summed E-state index contributed by atoms with van der Waals surface area (Å²) in [5.41, 5.74) is 2.54. The Labute approximate surface area is 158 Å². The van der Waals surface area contributed by atoms with E-state index >= 15 is 0 Å². The molecule has 1 amide bonds. The van der Waals surface area contributed by atoms with Crippen LogP contribution in [0, 0.1) is 0 Å². The molecule has 27 heavy (non-hydrogen) atoms. The van der Waals surface area contributed by atoms with Crippen LogP contribution in [0.15, 0.2) is 53.4 Å². The highest BCUT2D eigenvalue weighted by atomic mass is 32.2. The van der Waals surface area contributed by atoms with Crippen molar-refractivity contribution in [3.8, 4) is 0 Å². The second-order valence-electron chi connectivity index (χ2n) is 6.62. The van der Waals surface area contributed by atoms with Crippen LogP contribution in [-0.4, -0.2) is 44.1 Å². The molecule has 6 nitrogen and oxygen atoms in total. The molecule has 2 aromatic rings. The minimum Gasteiger partial charge on any atom is -0.449 e. The molecule has 0 aromatic heterocycles. The summed E-state index contributed by atoms with van der Waals surface area (Å²) in [5, 5.41) is 0. The number of carbonyl (C=O) groups excluding carboxylic acids is 2. The third-order valence-corrected chi connectivity index (χ3v) is 5.72. The Kier molecular flexibility index (Phi) is 5.32. The minimum atomic E-state index is -3.33. The highest BCUT2D eigenvalue weighted by molar-refractivity contribution is 7.90. The number of rotatable bonds is 4. The smallest absolute Gasteiger partial charge is 0.338 e. The lowest BCUT2D eigenvalue weighted by Crippen LogP contribution is -2.42. The van der Waals surface area contributed by atoms with E-state index in [4.69, 9.17) is 4.74 Å². The molecule has 0 bridgehead atoms. The van der Waals surface area contributed by atoms with E-state index in [1.807, 2.05) is 18.2 Å². The third kappa shape index (κ3) is 4.36. The van der Waals surface area contributed by atoms with Gasteiger partial charge in [0.15, 0.2) is 15.9 Å². The van der Waals surface area contributed by atoms with Gasteiger partial charge in [-0.05, 0) is 48.7 Å². The molecule has 0 saturated heterocycles. The molecular weight excluding hydrogens is 366 g/mol. The van der Waals surface area contributed by atoms with Crippen molar-refractivity contribution in [2.24, 2.45) is 0 Å². The standard InChI is InChI=1S/C20H21NO5S/c1-14(19(22)21-12-11-15-5-3-4-6-17(15)13-21)26-20(23)16-7-9-18(10-8-16)27(2,24)25/h3-10,14H,11-13H2,1-2H3/t14-/m1/s1. The lowest BCUT2D eigenvalue weighted by Gasteiger charge is -2.30. The van der Waals surface area contributed by atoms with Crippen LogP contribution in [0.4, 0.5) is 0 Å². The first kappa shape index (κ1) is 19.1. The Morgan fingerprint density at radius 1 is 1.04 bits per heavy atom. The van der Waals surface area contributed by atoms with E-state index in [1.54, 1.807) is 11.8 Å². The molecule has 1 aliphatic rings. The van der Waals surface area contributed by atoms with E-state index in [2.05, 4.69) is 6.07 Å². The van der Waals surface area contributed by atoms with Crippen molar-refractivity contribution in [2.75, 3.05) is 12.8 Å². The van der Waals surface area contributed by atoms with Gasteiger partial charge in [0.05, 0.1) is 10.5 Å². The Morgan fingerprint density at radius 2 is 1.67 bits per heavy atom. The zero-order valence-electron chi connectivity index (χ0n) is 15.2. The maximum Gasteiger partial charge on any atom is 0.338 e. The second kappa shape index (κ2) is 7.52. The average molecular weight is 387 g/mol. The van der Waals surface area contributed by atoms with Gasteiger partial charge in [-0.1, -0.05) is 24.3 Å². The summed E-state index contributed by atoms with van der Waals surface area (Å²) in [6, 6.07) is 13.4. The van der Waals surface area contributed by atoms with Crippen molar-refractivity contribution in [3.05, 3.63) is 65.2 Å². The zero-order valence-corrected chi connectivity index (χ0v) is 16.0. The lowest BCUT2D eigenvalue weighted by molar-refractivity contribution is -0.140. The number of hydrogen-bond acceptors (Lipinski definition) is 5. The number of fused-ring (bicyclic) bond motifs is 1. The van der Waals surface area contributed by atoms with Crippen LogP contribution in [0.2, 0.25) is 0 Å². The first-order valence-corrected chi connectivity index (χ1v) is 10.5. The maximum atomic E-state index is 12.6. The first-order chi connectivity index (χ1) is 12.8. The highest BCUT2D eigenvalue weighted by Gasteiger charge is 2.27. The monoisotopic (exact) mass is 387 g/mol. The van der Waals surface area contributed by atoms with Crippen molar-refractivity contribution in [2.45, 2.75) is 30.9 Å². The fraction of sp³-hybridized carbons (Fsp3) is 0.300. The molecule has 142 valence electrons. The lowest BCUT2D eigenvalue weighted by atomic mass is 9.99. The van der Waals surface area contributed by atoms with Crippen LogP contribution in [0.3, 0.4) is 0 Å². The van der Waals surface area contributed by atoms with Crippen molar-refractivity contribution in [1.82, 2.24) is 4.90 Å². The number of nitrogens with zero attached hydrogens (tertiary/aromatic N) is 1. The summed E-state index contributed by atoms with van der Waals surface area (Å²) < 4.78 is 28.2. The third-order valence-electron chi connectivity index (χ3n) is 4.59. The molecule has 0 spiro atoms. The Bertz CT molecular complexity index is 966. The summed E-state index contributed by atoms with van der Waals surface area (Å²) in [6.07, 6.45) is 0.949. The molecule has 1 atom stereocenters. The normalized spacial score (nSPS) is 15.0. The van der Waals surface area contributed by atoms with E-state index in [9.17, 15) is 18.0 Å². The predicted molar refractivity (Wildman–Crippen MR) is 100.0 cm³/mol. The van der Waals surface area contributed by atoms with Gasteiger partial charge in [0, 0.05) is 19.3 Å². The average Bonchev–Trinajstić information content (AvgIpc) is 2.66. The molecule has 7 heteroatoms. The van der Waals surface area contributed by atoms with Gasteiger partial charge in [0.1, 0.15) is 0 Å². The fourth-order valence-electron chi connectivity index (χ4n) is 3.06. The van der Waals surface area contributed by atoms with E-state index in [0.717, 1.165) is 18.2 Å². The van der Waals surface area contributed by atoms with Gasteiger partial charge in [-0.2, -0.15) is 0 Å². The summed E-state index contributed by atoms with van der Waals surface area (Å²) in [6.45, 7) is 2.63. The van der Waals surface area contributed by atoms with Crippen molar-refractivity contribution in [3.63, 3.8) is 0 Å². The van der Waals surface area contributed by atoms with Gasteiger partial charge >= 0.3 is 5.97 Å². The van der Waals surface area contributed by atoms with Crippen LogP contribution in [0.25, 0.3) is 0 Å². The summed E-state index contributed by atoms with van der Waals surface area (Å²) in [4.78, 5) is 26.7. The molecule has 0 unspecified atom stereocenters. The molecule has 0 saturated carbocycles. The molecule has 0 radical (unpaired) electrons. The zero-order chi connectivity index (χ0) is 19.6. The molecule has 0 fully saturated rings. The van der Waals surface area contributed by atoms with Crippen LogP contribution in [-0.2, 0) is 32.3 Å². The van der Waals surface area contributed by atoms with Crippen molar-refractivity contribution < 1.29 is 22.7 Å². The minimum absolute atomic E-state index is 0.121. The largest absolute Gasteiger partial charge is 0.449 e. The number of esters is 1. The van der Waals surface area contributed by atoms with Crippen molar-refractivity contribution >= 4 is 21.7 Å².